The van der Waals surface area contributed by atoms with Gasteiger partial charge in [0, 0.05) is 77.0 Å². The molecule has 0 saturated carbocycles. The lowest BCUT2D eigenvalue weighted by Gasteiger charge is -2.34. The molecular weight excluding hydrogens is 537 g/mol. The molecule has 0 atom stereocenters. The fourth-order valence-corrected chi connectivity index (χ4v) is 5.46. The predicted molar refractivity (Wildman–Crippen MR) is 149 cm³/mol. The first-order valence-electron chi connectivity index (χ1n) is 13.2. The van der Waals surface area contributed by atoms with Gasteiger partial charge in [0.05, 0.1) is 17.9 Å². The Morgan fingerprint density at radius 1 is 1.15 bits per heavy atom. The van der Waals surface area contributed by atoms with Gasteiger partial charge in [0.15, 0.2) is 5.13 Å². The molecule has 2 saturated heterocycles. The third-order valence-corrected chi connectivity index (χ3v) is 7.64. The second-order valence-electron chi connectivity index (χ2n) is 9.73. The van der Waals surface area contributed by atoms with Crippen LogP contribution in [0.1, 0.15) is 39.3 Å². The van der Waals surface area contributed by atoms with Crippen molar-refractivity contribution in [2.75, 3.05) is 56.7 Å². The van der Waals surface area contributed by atoms with Crippen LogP contribution < -0.4 is 20.3 Å². The number of carbonyl (C=O) groups excluding carboxylic acids is 2. The Bertz CT molecular complexity index is 1300. The van der Waals surface area contributed by atoms with Crippen molar-refractivity contribution in [3.63, 3.8) is 0 Å². The lowest BCUT2D eigenvalue weighted by atomic mass is 10.0. The molecule has 0 spiro atoms. The molecule has 0 radical (unpaired) electrons. The minimum Gasteiger partial charge on any atom is -0.460 e. The summed E-state index contributed by atoms with van der Waals surface area (Å²) in [5, 5.41) is 8.13. The SMILES string of the molecule is COCCNC(=O)c1cc(CN2CC(F)C2)ccc1NC(=O)c1csc(N2CCC(Oc3ncccn3)CC2)n1. The number of benzene rings is 1. The molecule has 0 aliphatic carbocycles. The Labute approximate surface area is 235 Å². The van der Waals surface area contributed by atoms with Crippen molar-refractivity contribution in [1.82, 2.24) is 25.2 Å². The number of halogens is 1. The number of hydrogen-bond acceptors (Lipinski definition) is 10. The predicted octanol–water partition coefficient (Wildman–Crippen LogP) is 2.76. The summed E-state index contributed by atoms with van der Waals surface area (Å²) in [6, 6.07) is 7.41. The molecule has 2 fully saturated rings. The van der Waals surface area contributed by atoms with E-state index < -0.39 is 12.1 Å². The maximum Gasteiger partial charge on any atom is 0.316 e. The molecule has 1 aromatic carbocycles. The average Bonchev–Trinajstić information content (AvgIpc) is 3.45. The number of amides is 2. The molecule has 2 aromatic heterocycles. The van der Waals surface area contributed by atoms with Crippen molar-refractivity contribution in [2.45, 2.75) is 31.7 Å². The van der Waals surface area contributed by atoms with E-state index in [0.29, 0.717) is 50.0 Å². The van der Waals surface area contributed by atoms with Gasteiger partial charge < -0.3 is 25.0 Å². The molecule has 2 aliphatic heterocycles. The van der Waals surface area contributed by atoms with E-state index in [1.54, 1.807) is 43.1 Å². The van der Waals surface area contributed by atoms with Crippen LogP contribution in [0.25, 0.3) is 0 Å². The van der Waals surface area contributed by atoms with Crippen molar-refractivity contribution in [3.05, 3.63) is 58.9 Å². The first-order chi connectivity index (χ1) is 19.5. The zero-order valence-corrected chi connectivity index (χ0v) is 23.0. The number of anilines is 2. The number of nitrogens with one attached hydrogen (secondary N) is 2. The van der Waals surface area contributed by atoms with Gasteiger partial charge in [0.25, 0.3) is 11.8 Å². The third-order valence-electron chi connectivity index (χ3n) is 6.74. The van der Waals surface area contributed by atoms with Gasteiger partial charge in [0.2, 0.25) is 0 Å². The molecule has 212 valence electrons. The fourth-order valence-electron chi connectivity index (χ4n) is 4.60. The highest BCUT2D eigenvalue weighted by Gasteiger charge is 2.27. The van der Waals surface area contributed by atoms with Crippen LogP contribution in [0, 0.1) is 0 Å². The number of thiazole rings is 1. The van der Waals surface area contributed by atoms with E-state index in [2.05, 4.69) is 30.5 Å². The monoisotopic (exact) mass is 569 g/mol. The highest BCUT2D eigenvalue weighted by atomic mass is 32.1. The minimum atomic E-state index is -0.804. The first kappa shape index (κ1) is 27.9. The van der Waals surface area contributed by atoms with E-state index in [9.17, 15) is 14.0 Å². The molecule has 3 aromatic rings. The van der Waals surface area contributed by atoms with E-state index in [4.69, 9.17) is 9.47 Å². The van der Waals surface area contributed by atoms with Crippen molar-refractivity contribution in [1.29, 1.82) is 0 Å². The van der Waals surface area contributed by atoms with Crippen molar-refractivity contribution in [3.8, 4) is 6.01 Å². The van der Waals surface area contributed by atoms with Gasteiger partial charge in [-0.2, -0.15) is 0 Å². The Morgan fingerprint density at radius 3 is 2.65 bits per heavy atom. The van der Waals surface area contributed by atoms with Crippen molar-refractivity contribution < 1.29 is 23.5 Å². The number of aromatic nitrogens is 3. The van der Waals surface area contributed by atoms with Gasteiger partial charge in [-0.05, 0) is 23.8 Å². The number of nitrogens with zero attached hydrogens (tertiary/aromatic N) is 5. The lowest BCUT2D eigenvalue weighted by molar-refractivity contribution is 0.0590. The largest absolute Gasteiger partial charge is 0.460 e. The Kier molecular flexibility index (Phi) is 9.14. The molecule has 13 heteroatoms. The van der Waals surface area contributed by atoms with E-state index in [1.165, 1.54) is 11.3 Å². The number of likely N-dealkylation sites (tertiary alicyclic amines) is 1. The molecule has 0 unspecified atom stereocenters. The number of hydrogen-bond donors (Lipinski definition) is 2. The van der Waals surface area contributed by atoms with Gasteiger partial charge in [-0.25, -0.2) is 19.3 Å². The minimum absolute atomic E-state index is 0.0253. The smallest absolute Gasteiger partial charge is 0.316 e. The zero-order valence-electron chi connectivity index (χ0n) is 22.2. The second-order valence-corrected chi connectivity index (χ2v) is 10.6. The maximum atomic E-state index is 13.3. The van der Waals surface area contributed by atoms with Gasteiger partial charge in [0.1, 0.15) is 18.0 Å². The van der Waals surface area contributed by atoms with Crippen LogP contribution in [0.4, 0.5) is 15.2 Å². The maximum absolute atomic E-state index is 13.3. The summed E-state index contributed by atoms with van der Waals surface area (Å²) >= 11 is 1.40. The van der Waals surface area contributed by atoms with Gasteiger partial charge in [-0.3, -0.25) is 14.5 Å². The Hall–Kier alpha value is -3.68. The second kappa shape index (κ2) is 13.1. The van der Waals surface area contributed by atoms with Gasteiger partial charge >= 0.3 is 6.01 Å². The quantitative estimate of drug-likeness (QED) is 0.336. The Balaban J connectivity index is 1.21. The van der Waals surface area contributed by atoms with Gasteiger partial charge in [-0.1, -0.05) is 6.07 Å². The summed E-state index contributed by atoms with van der Waals surface area (Å²) in [6.45, 7) is 3.46. The third kappa shape index (κ3) is 7.09. The Morgan fingerprint density at radius 2 is 1.93 bits per heavy atom. The number of alkyl halides is 1. The summed E-state index contributed by atoms with van der Waals surface area (Å²) in [7, 11) is 1.56. The van der Waals surface area contributed by atoms with Crippen LogP contribution in [0.5, 0.6) is 6.01 Å². The number of methoxy groups -OCH3 is 1. The number of ether oxygens (including phenoxy) is 2. The van der Waals surface area contributed by atoms with Crippen molar-refractivity contribution >= 4 is 34.0 Å². The molecule has 2 amide bonds. The van der Waals surface area contributed by atoms with Gasteiger partial charge in [-0.15, -0.1) is 11.3 Å². The van der Waals surface area contributed by atoms with E-state index in [-0.39, 0.29) is 17.7 Å². The van der Waals surface area contributed by atoms with Crippen LogP contribution in [0.3, 0.4) is 0 Å². The van der Waals surface area contributed by atoms with E-state index in [1.807, 2.05) is 11.0 Å². The van der Waals surface area contributed by atoms with Crippen LogP contribution in [-0.4, -0.2) is 90.4 Å². The van der Waals surface area contributed by atoms with Crippen LogP contribution >= 0.6 is 11.3 Å². The number of rotatable bonds is 11. The molecule has 2 N–H and O–H groups in total. The fraction of sp³-hybridized carbons (Fsp3) is 0.444. The summed E-state index contributed by atoms with van der Waals surface area (Å²) in [5.74, 6) is -0.727. The normalized spacial score (nSPS) is 16.4. The summed E-state index contributed by atoms with van der Waals surface area (Å²) in [6.07, 6.45) is 4.10. The standard InChI is InChI=1S/C27H32FN7O4S/c1-38-12-9-29-24(36)21-13-18(14-34-15-19(28)16-34)3-4-22(21)32-25(37)23-17-40-27(33-23)35-10-5-20(6-11-35)39-26-30-7-2-8-31-26/h2-4,7-8,13,17,19-20H,5-6,9-12,14-16H2,1H3,(H,29,36)(H,32,37). The number of piperidine rings is 1. The van der Waals surface area contributed by atoms with Crippen molar-refractivity contribution in [2.24, 2.45) is 0 Å². The first-order valence-corrected chi connectivity index (χ1v) is 14.1. The highest BCUT2D eigenvalue weighted by molar-refractivity contribution is 7.14. The summed E-state index contributed by atoms with van der Waals surface area (Å²) in [5.41, 5.74) is 1.86. The van der Waals surface area contributed by atoms with Crippen LogP contribution in [0.15, 0.2) is 42.0 Å². The topological polar surface area (TPSA) is 122 Å². The summed E-state index contributed by atoms with van der Waals surface area (Å²) in [4.78, 5) is 43.0. The van der Waals surface area contributed by atoms with Crippen LogP contribution in [-0.2, 0) is 11.3 Å². The number of carbonyl (C=O) groups is 2. The molecule has 11 nitrogen and oxygen atoms in total. The lowest BCUT2D eigenvalue weighted by Crippen LogP contribution is -2.47. The van der Waals surface area contributed by atoms with E-state index in [0.717, 1.165) is 36.6 Å². The molecular formula is C27H32FN7O4S. The molecule has 0 bridgehead atoms. The van der Waals surface area contributed by atoms with Crippen LogP contribution in [0.2, 0.25) is 0 Å². The molecule has 40 heavy (non-hydrogen) atoms. The van der Waals surface area contributed by atoms with E-state index >= 15 is 0 Å². The molecule has 4 heterocycles. The summed E-state index contributed by atoms with van der Waals surface area (Å²) < 4.78 is 24.1. The molecule has 5 rings (SSSR count). The molecule has 2 aliphatic rings. The zero-order chi connectivity index (χ0) is 27.9. The highest BCUT2D eigenvalue weighted by Crippen LogP contribution is 2.27. The average molecular weight is 570 g/mol.